The Labute approximate surface area is 213 Å². The van der Waals surface area contributed by atoms with Crippen molar-refractivity contribution in [3.05, 3.63) is 58.8 Å². The van der Waals surface area contributed by atoms with Crippen LogP contribution >= 0.6 is 0 Å². The molecule has 3 N–H and O–H groups in total. The molecule has 0 bridgehead atoms. The van der Waals surface area contributed by atoms with Gasteiger partial charge in [-0.15, -0.1) is 0 Å². The van der Waals surface area contributed by atoms with Gasteiger partial charge in [0.05, 0.1) is 30.9 Å². The highest BCUT2D eigenvalue weighted by Gasteiger charge is 2.40. The number of aromatic nitrogens is 1. The standard InChI is InChI=1S/C26H31F3N4O4/c1-16-10-19(12-31-24(16)37-2)25(36)8-6-21(7-9-25)33-14-20(15-33)32-22(34)13-30-23(35)17-4-3-5-18(11-17)26(27,28)29/h3-5,10-12,20-21,36H,6-9,13-15H2,1-2H3,(H,30,35)(H,32,34)/t21-,25-. The molecule has 200 valence electrons. The van der Waals surface area contributed by atoms with E-state index in [1.54, 1.807) is 13.3 Å². The lowest BCUT2D eigenvalue weighted by molar-refractivity contribution is -0.137. The van der Waals surface area contributed by atoms with E-state index in [0.29, 0.717) is 37.9 Å². The van der Waals surface area contributed by atoms with E-state index >= 15 is 0 Å². The molecular formula is C26H31F3N4O4. The number of ether oxygens (including phenoxy) is 1. The number of aliphatic hydroxyl groups is 1. The molecule has 11 heteroatoms. The number of nitrogens with zero attached hydrogens (tertiary/aromatic N) is 2. The van der Waals surface area contributed by atoms with Crippen LogP contribution in [-0.4, -0.2) is 65.6 Å². The second-order valence-electron chi connectivity index (χ2n) is 9.79. The second kappa shape index (κ2) is 10.7. The van der Waals surface area contributed by atoms with Crippen molar-refractivity contribution in [2.75, 3.05) is 26.7 Å². The molecule has 0 radical (unpaired) electrons. The van der Waals surface area contributed by atoms with E-state index in [1.165, 1.54) is 6.07 Å². The summed E-state index contributed by atoms with van der Waals surface area (Å²) >= 11 is 0. The molecule has 2 heterocycles. The summed E-state index contributed by atoms with van der Waals surface area (Å²) in [5, 5.41) is 16.4. The van der Waals surface area contributed by atoms with Crippen LogP contribution in [0.2, 0.25) is 0 Å². The average molecular weight is 521 g/mol. The predicted octanol–water partition coefficient (Wildman–Crippen LogP) is 2.78. The third-order valence-electron chi connectivity index (χ3n) is 7.20. The molecule has 1 saturated carbocycles. The smallest absolute Gasteiger partial charge is 0.416 e. The van der Waals surface area contributed by atoms with Crippen LogP contribution < -0.4 is 15.4 Å². The molecule has 2 aliphatic rings. The van der Waals surface area contributed by atoms with Crippen LogP contribution in [0.5, 0.6) is 5.88 Å². The van der Waals surface area contributed by atoms with Crippen LogP contribution in [-0.2, 0) is 16.6 Å². The summed E-state index contributed by atoms with van der Waals surface area (Å²) in [5.74, 6) is -0.594. The maximum Gasteiger partial charge on any atom is 0.416 e. The van der Waals surface area contributed by atoms with Crippen molar-refractivity contribution in [3.8, 4) is 5.88 Å². The Bertz CT molecular complexity index is 1140. The monoisotopic (exact) mass is 520 g/mol. The molecule has 1 saturated heterocycles. The number of halogens is 3. The fraction of sp³-hybridized carbons (Fsp3) is 0.500. The van der Waals surface area contributed by atoms with Crippen molar-refractivity contribution < 1.29 is 32.6 Å². The lowest BCUT2D eigenvalue weighted by Crippen LogP contribution is -2.63. The number of hydrogen-bond donors (Lipinski definition) is 3. The minimum atomic E-state index is -4.55. The normalized spacial score (nSPS) is 22.7. The molecule has 0 unspecified atom stereocenters. The first kappa shape index (κ1) is 26.9. The molecule has 1 aromatic heterocycles. The Kier molecular flexibility index (Phi) is 7.75. The van der Waals surface area contributed by atoms with Gasteiger partial charge < -0.3 is 20.5 Å². The Morgan fingerprint density at radius 2 is 1.92 bits per heavy atom. The third-order valence-corrected chi connectivity index (χ3v) is 7.20. The average Bonchev–Trinajstić information content (AvgIpc) is 2.84. The number of pyridine rings is 1. The number of nitrogens with one attached hydrogen (secondary N) is 2. The van der Waals surface area contributed by atoms with Gasteiger partial charge in [-0.3, -0.25) is 14.5 Å². The van der Waals surface area contributed by atoms with Gasteiger partial charge in [0, 0.05) is 42.0 Å². The number of benzene rings is 1. The SMILES string of the molecule is COc1ncc([C@]2(O)CC[C@H](N3CC(NC(=O)CNC(=O)c4cccc(C(F)(F)F)c4)C3)CC2)cc1C. The number of rotatable bonds is 7. The van der Waals surface area contributed by atoms with Gasteiger partial charge in [-0.1, -0.05) is 6.07 Å². The maximum absolute atomic E-state index is 12.8. The summed E-state index contributed by atoms with van der Waals surface area (Å²) in [4.78, 5) is 31.0. The number of alkyl halides is 3. The number of likely N-dealkylation sites (tertiary alicyclic amines) is 1. The van der Waals surface area contributed by atoms with Crippen LogP contribution in [0.15, 0.2) is 36.5 Å². The van der Waals surface area contributed by atoms with Crippen molar-refractivity contribution in [3.63, 3.8) is 0 Å². The van der Waals surface area contributed by atoms with Crippen LogP contribution in [0.3, 0.4) is 0 Å². The minimum Gasteiger partial charge on any atom is -0.481 e. The summed E-state index contributed by atoms with van der Waals surface area (Å²) in [7, 11) is 1.56. The quantitative estimate of drug-likeness (QED) is 0.519. The minimum absolute atomic E-state index is 0.0628. The number of hydrogen-bond acceptors (Lipinski definition) is 6. The third kappa shape index (κ3) is 6.22. The summed E-state index contributed by atoms with van der Waals surface area (Å²) in [6.45, 7) is 2.91. The van der Waals surface area contributed by atoms with Crippen molar-refractivity contribution in [1.29, 1.82) is 0 Å². The van der Waals surface area contributed by atoms with Crippen molar-refractivity contribution >= 4 is 11.8 Å². The van der Waals surface area contributed by atoms with Crippen LogP contribution in [0, 0.1) is 6.92 Å². The highest BCUT2D eigenvalue weighted by atomic mass is 19.4. The summed E-state index contributed by atoms with van der Waals surface area (Å²) in [5.41, 5.74) is -0.323. The van der Waals surface area contributed by atoms with E-state index < -0.39 is 29.2 Å². The van der Waals surface area contributed by atoms with E-state index in [1.807, 2.05) is 13.0 Å². The number of carbonyl (C=O) groups excluding carboxylic acids is 2. The van der Waals surface area contributed by atoms with Gasteiger partial charge in [0.2, 0.25) is 11.8 Å². The summed E-state index contributed by atoms with van der Waals surface area (Å²) in [6.07, 6.45) is -0.0230. The first-order valence-corrected chi connectivity index (χ1v) is 12.2. The van der Waals surface area contributed by atoms with E-state index in [2.05, 4.69) is 20.5 Å². The highest BCUT2D eigenvalue weighted by Crippen LogP contribution is 2.40. The fourth-order valence-corrected chi connectivity index (χ4v) is 5.04. The first-order chi connectivity index (χ1) is 17.5. The van der Waals surface area contributed by atoms with E-state index in [0.717, 1.165) is 42.2 Å². The lowest BCUT2D eigenvalue weighted by atomic mass is 9.77. The Morgan fingerprint density at radius 3 is 2.54 bits per heavy atom. The van der Waals surface area contributed by atoms with Crippen molar-refractivity contribution in [2.24, 2.45) is 0 Å². The van der Waals surface area contributed by atoms with Gasteiger partial charge in [0.25, 0.3) is 5.91 Å². The largest absolute Gasteiger partial charge is 0.481 e. The zero-order valence-electron chi connectivity index (χ0n) is 20.8. The zero-order valence-corrected chi connectivity index (χ0v) is 20.8. The Hall–Kier alpha value is -3.18. The summed E-state index contributed by atoms with van der Waals surface area (Å²) < 4.78 is 43.7. The molecule has 0 atom stereocenters. The fourth-order valence-electron chi connectivity index (χ4n) is 5.04. The number of carbonyl (C=O) groups is 2. The molecule has 2 fully saturated rings. The predicted molar refractivity (Wildman–Crippen MR) is 129 cm³/mol. The molecule has 0 spiro atoms. The van der Waals surface area contributed by atoms with E-state index in [-0.39, 0.29) is 18.2 Å². The van der Waals surface area contributed by atoms with Crippen LogP contribution in [0.25, 0.3) is 0 Å². The van der Waals surface area contributed by atoms with Crippen molar-refractivity contribution in [2.45, 2.75) is 56.5 Å². The van der Waals surface area contributed by atoms with Gasteiger partial charge >= 0.3 is 6.18 Å². The van der Waals surface area contributed by atoms with Gasteiger partial charge in [0.15, 0.2) is 0 Å². The molecule has 37 heavy (non-hydrogen) atoms. The van der Waals surface area contributed by atoms with Gasteiger partial charge in [0.1, 0.15) is 0 Å². The van der Waals surface area contributed by atoms with E-state index in [9.17, 15) is 27.9 Å². The molecule has 1 aliphatic heterocycles. The van der Waals surface area contributed by atoms with Gasteiger partial charge in [-0.2, -0.15) is 13.2 Å². The number of methoxy groups -OCH3 is 1. The van der Waals surface area contributed by atoms with Crippen LogP contribution in [0.1, 0.15) is 52.7 Å². The summed E-state index contributed by atoms with van der Waals surface area (Å²) in [6, 6.07) is 6.23. The molecule has 1 aliphatic carbocycles. The number of aryl methyl sites for hydroxylation is 1. The van der Waals surface area contributed by atoms with E-state index in [4.69, 9.17) is 4.74 Å². The maximum atomic E-state index is 12.8. The molecule has 2 amide bonds. The second-order valence-corrected chi connectivity index (χ2v) is 9.79. The molecule has 2 aromatic rings. The van der Waals surface area contributed by atoms with Gasteiger partial charge in [-0.25, -0.2) is 4.98 Å². The Morgan fingerprint density at radius 1 is 1.22 bits per heavy atom. The first-order valence-electron chi connectivity index (χ1n) is 12.2. The molecular weight excluding hydrogens is 489 g/mol. The molecule has 1 aromatic carbocycles. The number of amides is 2. The Balaban J connectivity index is 1.19. The van der Waals surface area contributed by atoms with Gasteiger partial charge in [-0.05, 0) is 56.9 Å². The topological polar surface area (TPSA) is 104 Å². The highest BCUT2D eigenvalue weighted by molar-refractivity contribution is 5.96. The van der Waals surface area contributed by atoms with Crippen LogP contribution in [0.4, 0.5) is 13.2 Å². The molecule has 8 nitrogen and oxygen atoms in total. The zero-order chi connectivity index (χ0) is 26.8. The van der Waals surface area contributed by atoms with Crippen molar-refractivity contribution in [1.82, 2.24) is 20.5 Å². The molecule has 4 rings (SSSR count). The lowest BCUT2D eigenvalue weighted by Gasteiger charge is -2.48.